The lowest BCUT2D eigenvalue weighted by atomic mass is 9.98. The predicted molar refractivity (Wildman–Crippen MR) is 96.9 cm³/mol. The smallest absolute Gasteiger partial charge is 0.337 e. The van der Waals surface area contributed by atoms with Crippen LogP contribution in [0.5, 0.6) is 0 Å². The van der Waals surface area contributed by atoms with Crippen LogP contribution in [0.15, 0.2) is 18.2 Å². The second-order valence-electron chi connectivity index (χ2n) is 6.40. The largest absolute Gasteiger partial charge is 0.466 e. The molecule has 1 N–H and O–H groups in total. The van der Waals surface area contributed by atoms with Gasteiger partial charge in [0.15, 0.2) is 0 Å². The first-order valence-electron chi connectivity index (χ1n) is 8.82. The lowest BCUT2D eigenvalue weighted by molar-refractivity contribution is -0.150. The first kappa shape index (κ1) is 19.9. The van der Waals surface area contributed by atoms with E-state index >= 15 is 0 Å². The van der Waals surface area contributed by atoms with Crippen molar-refractivity contribution < 1.29 is 23.9 Å². The number of hydrogen-bond acceptors (Lipinski definition) is 6. The molecule has 0 spiro atoms. The van der Waals surface area contributed by atoms with E-state index < -0.39 is 5.97 Å². The fraction of sp³-hybridized carbons (Fsp3) is 0.526. The predicted octanol–water partition coefficient (Wildman–Crippen LogP) is 2.00. The van der Waals surface area contributed by atoms with Crippen molar-refractivity contribution in [2.75, 3.05) is 38.7 Å². The zero-order chi connectivity index (χ0) is 19.1. The van der Waals surface area contributed by atoms with Gasteiger partial charge in [0.05, 0.1) is 31.7 Å². The molecule has 0 radical (unpaired) electrons. The number of methoxy groups -OCH3 is 1. The number of piperidine rings is 1. The van der Waals surface area contributed by atoms with Crippen LogP contribution in [0, 0.1) is 12.8 Å². The lowest BCUT2D eigenvalue weighted by Gasteiger charge is -2.30. The normalized spacial score (nSPS) is 17.4. The number of rotatable bonds is 6. The van der Waals surface area contributed by atoms with Crippen molar-refractivity contribution in [2.24, 2.45) is 5.92 Å². The minimum atomic E-state index is -0.450. The number of hydrogen-bond donors (Lipinski definition) is 1. The van der Waals surface area contributed by atoms with Crippen LogP contribution in [0.25, 0.3) is 0 Å². The fourth-order valence-electron chi connectivity index (χ4n) is 3.05. The summed E-state index contributed by atoms with van der Waals surface area (Å²) in [5.74, 6) is -1.01. The van der Waals surface area contributed by atoms with Gasteiger partial charge in [-0.15, -0.1) is 0 Å². The quantitative estimate of drug-likeness (QED) is 0.779. The number of ether oxygens (including phenoxy) is 2. The van der Waals surface area contributed by atoms with Crippen LogP contribution in [-0.4, -0.2) is 56.1 Å². The summed E-state index contributed by atoms with van der Waals surface area (Å²) < 4.78 is 9.79. The number of nitrogens with one attached hydrogen (secondary N) is 1. The molecule has 1 atom stereocenters. The molecule has 1 fully saturated rings. The van der Waals surface area contributed by atoms with Crippen molar-refractivity contribution in [3.8, 4) is 0 Å². The molecule has 26 heavy (non-hydrogen) atoms. The summed E-state index contributed by atoms with van der Waals surface area (Å²) in [5.41, 5.74) is 1.82. The summed E-state index contributed by atoms with van der Waals surface area (Å²) in [4.78, 5) is 37.9. The zero-order valence-electron chi connectivity index (χ0n) is 15.5. The van der Waals surface area contributed by atoms with E-state index in [4.69, 9.17) is 9.47 Å². The van der Waals surface area contributed by atoms with Gasteiger partial charge in [0.2, 0.25) is 5.91 Å². The highest BCUT2D eigenvalue weighted by Crippen LogP contribution is 2.20. The second-order valence-corrected chi connectivity index (χ2v) is 6.40. The van der Waals surface area contributed by atoms with Gasteiger partial charge in [-0.2, -0.15) is 0 Å². The molecule has 1 heterocycles. The highest BCUT2D eigenvalue weighted by molar-refractivity contribution is 5.96. The average molecular weight is 362 g/mol. The molecule has 2 rings (SSSR count). The minimum absolute atomic E-state index is 0.180. The maximum Gasteiger partial charge on any atom is 0.337 e. The van der Waals surface area contributed by atoms with E-state index in [1.54, 1.807) is 25.1 Å². The fourth-order valence-corrected chi connectivity index (χ4v) is 3.05. The molecule has 7 heteroatoms. The highest BCUT2D eigenvalue weighted by atomic mass is 16.5. The van der Waals surface area contributed by atoms with Crippen molar-refractivity contribution in [2.45, 2.75) is 26.7 Å². The second kappa shape index (κ2) is 9.33. The summed E-state index contributed by atoms with van der Waals surface area (Å²) in [7, 11) is 1.32. The van der Waals surface area contributed by atoms with Crippen molar-refractivity contribution >= 4 is 23.5 Å². The van der Waals surface area contributed by atoms with Crippen LogP contribution in [0.1, 0.15) is 35.7 Å². The number of nitrogens with zero attached hydrogens (tertiary/aromatic N) is 1. The standard InChI is InChI=1S/C19H26N2O5/c1-4-26-19(24)15-6-5-9-21(11-15)12-17(22)20-16-10-14(18(23)25-3)8-7-13(16)2/h7-8,10,15H,4-6,9,11-12H2,1-3H3,(H,20,22)/t15-/m0/s1. The van der Waals surface area contributed by atoms with Crippen LogP contribution in [0.4, 0.5) is 5.69 Å². The number of carbonyl (C=O) groups excluding carboxylic acids is 3. The van der Waals surface area contributed by atoms with Crippen LogP contribution in [0.2, 0.25) is 0 Å². The number of amides is 1. The molecule has 0 unspecified atom stereocenters. The summed E-state index contributed by atoms with van der Waals surface area (Å²) in [5, 5.41) is 2.84. The molecule has 0 aliphatic carbocycles. The molecule has 7 nitrogen and oxygen atoms in total. The molecular formula is C19H26N2O5. The minimum Gasteiger partial charge on any atom is -0.466 e. The monoisotopic (exact) mass is 362 g/mol. The Bertz CT molecular complexity index is 674. The lowest BCUT2D eigenvalue weighted by Crippen LogP contribution is -2.43. The van der Waals surface area contributed by atoms with E-state index in [0.717, 1.165) is 24.9 Å². The Labute approximate surface area is 153 Å². The van der Waals surface area contributed by atoms with Gasteiger partial charge in [-0.1, -0.05) is 6.07 Å². The zero-order valence-corrected chi connectivity index (χ0v) is 15.5. The third-order valence-corrected chi connectivity index (χ3v) is 4.43. The highest BCUT2D eigenvalue weighted by Gasteiger charge is 2.27. The van der Waals surface area contributed by atoms with E-state index in [9.17, 15) is 14.4 Å². The number of benzene rings is 1. The Hall–Kier alpha value is -2.41. The van der Waals surface area contributed by atoms with Crippen molar-refractivity contribution in [1.82, 2.24) is 4.90 Å². The van der Waals surface area contributed by atoms with Gasteiger partial charge in [-0.05, 0) is 50.9 Å². The summed E-state index contributed by atoms with van der Waals surface area (Å²) in [6, 6.07) is 5.03. The van der Waals surface area contributed by atoms with Gasteiger partial charge in [0, 0.05) is 12.2 Å². The molecule has 1 saturated heterocycles. The van der Waals surface area contributed by atoms with Gasteiger partial charge in [0.25, 0.3) is 0 Å². The molecule has 0 saturated carbocycles. The van der Waals surface area contributed by atoms with Crippen molar-refractivity contribution in [3.05, 3.63) is 29.3 Å². The van der Waals surface area contributed by atoms with E-state index in [0.29, 0.717) is 24.4 Å². The molecule has 1 amide bonds. The Kier molecular flexibility index (Phi) is 7.15. The van der Waals surface area contributed by atoms with Crippen LogP contribution in [-0.2, 0) is 19.1 Å². The van der Waals surface area contributed by atoms with Crippen LogP contribution in [0.3, 0.4) is 0 Å². The molecular weight excluding hydrogens is 336 g/mol. The number of carbonyl (C=O) groups is 3. The molecule has 1 aromatic rings. The van der Waals surface area contributed by atoms with Gasteiger partial charge >= 0.3 is 11.9 Å². The first-order chi connectivity index (χ1) is 12.4. The summed E-state index contributed by atoms with van der Waals surface area (Å²) in [6.07, 6.45) is 1.64. The van der Waals surface area contributed by atoms with E-state index in [2.05, 4.69) is 5.32 Å². The molecule has 0 aromatic heterocycles. The molecule has 1 aromatic carbocycles. The maximum atomic E-state index is 12.4. The summed E-state index contributed by atoms with van der Waals surface area (Å²) in [6.45, 7) is 5.49. The maximum absolute atomic E-state index is 12.4. The Balaban J connectivity index is 1.96. The van der Waals surface area contributed by atoms with Gasteiger partial charge in [-0.3, -0.25) is 14.5 Å². The third-order valence-electron chi connectivity index (χ3n) is 4.43. The van der Waals surface area contributed by atoms with E-state index in [1.807, 2.05) is 11.8 Å². The first-order valence-corrected chi connectivity index (χ1v) is 8.82. The van der Waals surface area contributed by atoms with Crippen LogP contribution < -0.4 is 5.32 Å². The molecule has 142 valence electrons. The number of aryl methyl sites for hydroxylation is 1. The average Bonchev–Trinajstić information content (AvgIpc) is 2.63. The van der Waals surface area contributed by atoms with E-state index in [-0.39, 0.29) is 24.3 Å². The van der Waals surface area contributed by atoms with Gasteiger partial charge < -0.3 is 14.8 Å². The Morgan fingerprint density at radius 3 is 2.77 bits per heavy atom. The van der Waals surface area contributed by atoms with E-state index in [1.165, 1.54) is 7.11 Å². The van der Waals surface area contributed by atoms with Gasteiger partial charge in [0.1, 0.15) is 0 Å². The Morgan fingerprint density at radius 2 is 2.08 bits per heavy atom. The molecule has 0 bridgehead atoms. The summed E-state index contributed by atoms with van der Waals surface area (Å²) >= 11 is 0. The number of likely N-dealkylation sites (tertiary alicyclic amines) is 1. The van der Waals surface area contributed by atoms with Crippen LogP contribution >= 0.6 is 0 Å². The van der Waals surface area contributed by atoms with Crippen molar-refractivity contribution in [1.29, 1.82) is 0 Å². The molecule has 1 aliphatic rings. The number of esters is 2. The topological polar surface area (TPSA) is 84.9 Å². The van der Waals surface area contributed by atoms with Gasteiger partial charge in [-0.25, -0.2) is 4.79 Å². The van der Waals surface area contributed by atoms with Crippen molar-refractivity contribution in [3.63, 3.8) is 0 Å². The SMILES string of the molecule is CCOC(=O)[C@H]1CCCN(CC(=O)Nc2cc(C(=O)OC)ccc2C)C1. The number of anilines is 1. The molecule has 1 aliphatic heterocycles. The third kappa shape index (κ3) is 5.29. The Morgan fingerprint density at radius 1 is 1.31 bits per heavy atom.